The van der Waals surface area contributed by atoms with Gasteiger partial charge in [-0.2, -0.15) is 0 Å². The van der Waals surface area contributed by atoms with Crippen molar-refractivity contribution in [3.63, 3.8) is 0 Å². The second-order valence-electron chi connectivity index (χ2n) is 7.28. The Morgan fingerprint density at radius 3 is 2.06 bits per heavy atom. The molecule has 18 heavy (non-hydrogen) atoms. The monoisotopic (exact) mass is 250 g/mol. The highest BCUT2D eigenvalue weighted by Gasteiger charge is 2.47. The van der Waals surface area contributed by atoms with Crippen molar-refractivity contribution in [1.29, 1.82) is 0 Å². The Balaban J connectivity index is 1.53. The summed E-state index contributed by atoms with van der Waals surface area (Å²) in [6, 6.07) is 0. The van der Waals surface area contributed by atoms with E-state index in [4.69, 9.17) is 0 Å². The molecule has 0 radical (unpaired) electrons. The summed E-state index contributed by atoms with van der Waals surface area (Å²) in [5.74, 6) is 5.36. The van der Waals surface area contributed by atoms with Crippen molar-refractivity contribution in [2.24, 2.45) is 29.6 Å². The van der Waals surface area contributed by atoms with E-state index in [1.165, 1.54) is 44.9 Å². The van der Waals surface area contributed by atoms with Crippen LogP contribution in [0.2, 0.25) is 0 Å². The van der Waals surface area contributed by atoms with Crippen molar-refractivity contribution in [2.45, 2.75) is 85.0 Å². The Morgan fingerprint density at radius 1 is 0.778 bits per heavy atom. The summed E-state index contributed by atoms with van der Waals surface area (Å²) in [7, 11) is 0. The summed E-state index contributed by atoms with van der Waals surface area (Å²) in [4.78, 5) is 0. The Labute approximate surface area is 115 Å². The van der Waals surface area contributed by atoms with Gasteiger partial charge < -0.3 is 0 Å². The lowest BCUT2D eigenvalue weighted by Gasteiger charge is -2.31. The lowest BCUT2D eigenvalue weighted by atomic mass is 9.74. The molecular formula is C18H34. The summed E-state index contributed by atoms with van der Waals surface area (Å²) in [6.45, 7) is 7.32. The average molecular weight is 250 g/mol. The zero-order valence-electron chi connectivity index (χ0n) is 13.0. The molecule has 0 aliphatic heterocycles. The van der Waals surface area contributed by atoms with Crippen LogP contribution in [0.25, 0.3) is 0 Å². The molecule has 0 aromatic carbocycles. The van der Waals surface area contributed by atoms with Crippen molar-refractivity contribution in [2.75, 3.05) is 0 Å². The van der Waals surface area contributed by atoms with E-state index in [1.807, 2.05) is 0 Å². The number of hydrogen-bond acceptors (Lipinski definition) is 0. The highest BCUT2D eigenvalue weighted by Crippen LogP contribution is 2.56. The zero-order valence-corrected chi connectivity index (χ0v) is 13.0. The van der Waals surface area contributed by atoms with Gasteiger partial charge in [-0.3, -0.25) is 0 Å². The summed E-state index contributed by atoms with van der Waals surface area (Å²) in [6.07, 6.45) is 15.0. The second kappa shape index (κ2) is 6.96. The van der Waals surface area contributed by atoms with E-state index in [-0.39, 0.29) is 0 Å². The molecule has 2 bridgehead atoms. The van der Waals surface area contributed by atoms with Crippen LogP contribution in [0.15, 0.2) is 0 Å². The minimum Gasteiger partial charge on any atom is -0.0654 e. The van der Waals surface area contributed by atoms with Gasteiger partial charge in [-0.05, 0) is 42.4 Å². The molecule has 5 unspecified atom stereocenters. The fourth-order valence-electron chi connectivity index (χ4n) is 4.79. The van der Waals surface area contributed by atoms with Crippen LogP contribution in [0.1, 0.15) is 85.0 Å². The molecule has 2 fully saturated rings. The third-order valence-electron chi connectivity index (χ3n) is 6.21. The first-order valence-electron chi connectivity index (χ1n) is 8.74. The Hall–Kier alpha value is 0. The maximum Gasteiger partial charge on any atom is -0.0355 e. The largest absolute Gasteiger partial charge is 0.0654 e. The van der Waals surface area contributed by atoms with Crippen LogP contribution in [0.5, 0.6) is 0 Å². The van der Waals surface area contributed by atoms with Crippen molar-refractivity contribution < 1.29 is 0 Å². The van der Waals surface area contributed by atoms with Crippen LogP contribution in [-0.4, -0.2) is 0 Å². The maximum atomic E-state index is 2.52. The van der Waals surface area contributed by atoms with Gasteiger partial charge in [0.05, 0.1) is 0 Å². The molecule has 2 rings (SSSR count). The summed E-state index contributed by atoms with van der Waals surface area (Å²) >= 11 is 0. The smallest absolute Gasteiger partial charge is 0.0355 e. The van der Waals surface area contributed by atoms with Gasteiger partial charge >= 0.3 is 0 Å². The van der Waals surface area contributed by atoms with Crippen LogP contribution >= 0.6 is 0 Å². The SMILES string of the molecule is CCCCCCCCCC1CC2CC1C(C)C2C. The van der Waals surface area contributed by atoms with E-state index in [1.54, 1.807) is 19.3 Å². The van der Waals surface area contributed by atoms with Gasteiger partial charge in [0.1, 0.15) is 0 Å². The molecule has 2 aliphatic carbocycles. The Bertz CT molecular complexity index is 230. The van der Waals surface area contributed by atoms with E-state index in [2.05, 4.69) is 20.8 Å². The summed E-state index contributed by atoms with van der Waals surface area (Å²) in [5.41, 5.74) is 0. The first-order chi connectivity index (χ1) is 8.74. The van der Waals surface area contributed by atoms with Crippen molar-refractivity contribution in [1.82, 2.24) is 0 Å². The van der Waals surface area contributed by atoms with Gasteiger partial charge in [0, 0.05) is 0 Å². The first kappa shape index (κ1) is 14.4. The van der Waals surface area contributed by atoms with Crippen LogP contribution in [0.3, 0.4) is 0 Å². The minimum atomic E-state index is 1.03. The van der Waals surface area contributed by atoms with Crippen molar-refractivity contribution in [3.8, 4) is 0 Å². The molecule has 0 heterocycles. The fraction of sp³-hybridized carbons (Fsp3) is 1.00. The van der Waals surface area contributed by atoms with Gasteiger partial charge in [-0.25, -0.2) is 0 Å². The minimum absolute atomic E-state index is 1.03. The second-order valence-corrected chi connectivity index (χ2v) is 7.28. The normalized spacial score (nSPS) is 38.5. The van der Waals surface area contributed by atoms with E-state index >= 15 is 0 Å². The third-order valence-corrected chi connectivity index (χ3v) is 6.21. The van der Waals surface area contributed by atoms with Gasteiger partial charge in [-0.1, -0.05) is 72.1 Å². The predicted octanol–water partition coefficient (Wildman–Crippen LogP) is 6.06. The van der Waals surface area contributed by atoms with Gasteiger partial charge in [0.15, 0.2) is 0 Å². The topological polar surface area (TPSA) is 0 Å². The summed E-state index contributed by atoms with van der Waals surface area (Å²) in [5, 5.41) is 0. The molecule has 0 saturated heterocycles. The van der Waals surface area contributed by atoms with Crippen LogP contribution in [-0.2, 0) is 0 Å². The van der Waals surface area contributed by atoms with E-state index in [0.29, 0.717) is 0 Å². The molecule has 0 aromatic heterocycles. The molecule has 0 spiro atoms. The summed E-state index contributed by atoms with van der Waals surface area (Å²) < 4.78 is 0. The molecule has 106 valence electrons. The highest BCUT2D eigenvalue weighted by atomic mass is 14.5. The Kier molecular flexibility index (Phi) is 5.57. The third kappa shape index (κ3) is 3.31. The lowest BCUT2D eigenvalue weighted by Crippen LogP contribution is -2.24. The van der Waals surface area contributed by atoms with E-state index in [9.17, 15) is 0 Å². The van der Waals surface area contributed by atoms with Gasteiger partial charge in [0.2, 0.25) is 0 Å². The van der Waals surface area contributed by atoms with Crippen LogP contribution in [0.4, 0.5) is 0 Å². The molecule has 0 amide bonds. The molecule has 2 aliphatic rings. The fourth-order valence-corrected chi connectivity index (χ4v) is 4.79. The van der Waals surface area contributed by atoms with Crippen molar-refractivity contribution >= 4 is 0 Å². The Morgan fingerprint density at radius 2 is 1.44 bits per heavy atom. The van der Waals surface area contributed by atoms with E-state index < -0.39 is 0 Å². The predicted molar refractivity (Wildman–Crippen MR) is 80.6 cm³/mol. The van der Waals surface area contributed by atoms with Crippen LogP contribution in [0, 0.1) is 29.6 Å². The zero-order chi connectivity index (χ0) is 13.0. The number of unbranched alkanes of at least 4 members (excludes halogenated alkanes) is 6. The quantitative estimate of drug-likeness (QED) is 0.460. The molecule has 2 saturated carbocycles. The number of rotatable bonds is 8. The van der Waals surface area contributed by atoms with Crippen molar-refractivity contribution in [3.05, 3.63) is 0 Å². The molecule has 0 nitrogen and oxygen atoms in total. The highest BCUT2D eigenvalue weighted by molar-refractivity contribution is 4.97. The number of fused-ring (bicyclic) bond motifs is 2. The lowest BCUT2D eigenvalue weighted by molar-refractivity contribution is 0.178. The van der Waals surface area contributed by atoms with Gasteiger partial charge in [-0.15, -0.1) is 0 Å². The van der Waals surface area contributed by atoms with E-state index in [0.717, 1.165) is 29.6 Å². The molecule has 0 heteroatoms. The molecule has 5 atom stereocenters. The molecule has 0 aromatic rings. The molecule has 0 N–H and O–H groups in total. The first-order valence-corrected chi connectivity index (χ1v) is 8.74. The van der Waals surface area contributed by atoms with Crippen LogP contribution < -0.4 is 0 Å². The van der Waals surface area contributed by atoms with Gasteiger partial charge in [0.25, 0.3) is 0 Å². The standard InChI is InChI=1S/C18H34/c1-4-5-6-7-8-9-10-11-16-12-17-13-18(16)15(3)14(17)2/h14-18H,4-13H2,1-3H3. The average Bonchev–Trinajstić information content (AvgIpc) is 2.89. The number of hydrogen-bond donors (Lipinski definition) is 0. The molecular weight excluding hydrogens is 216 g/mol. The maximum absolute atomic E-state index is 2.52.